The number of aliphatic hydroxyl groups is 1. The summed E-state index contributed by atoms with van der Waals surface area (Å²) in [7, 11) is 1.26. The molecule has 6 nitrogen and oxygen atoms in total. The van der Waals surface area contributed by atoms with Gasteiger partial charge in [0.15, 0.2) is 0 Å². The molecule has 0 unspecified atom stereocenters. The third-order valence-electron chi connectivity index (χ3n) is 4.08. The minimum Gasteiger partial charge on any atom is -0.453 e. The van der Waals surface area contributed by atoms with Crippen molar-refractivity contribution >= 4 is 12.0 Å². The third-order valence-corrected chi connectivity index (χ3v) is 4.08. The summed E-state index contributed by atoms with van der Waals surface area (Å²) in [6.45, 7) is 7.43. The van der Waals surface area contributed by atoms with E-state index in [9.17, 15) is 14.7 Å². The number of alkyl carbamates (subject to hydrolysis) is 1. The summed E-state index contributed by atoms with van der Waals surface area (Å²) in [6, 6.07) is 8.45. The van der Waals surface area contributed by atoms with Gasteiger partial charge in [0.05, 0.1) is 19.3 Å². The molecule has 0 radical (unpaired) electrons. The van der Waals surface area contributed by atoms with E-state index in [4.69, 9.17) is 0 Å². The van der Waals surface area contributed by atoms with E-state index in [0.29, 0.717) is 12.8 Å². The number of aliphatic hydroxyl groups excluding tert-OH is 1. The maximum atomic E-state index is 12.8. The Kier molecular flexibility index (Phi) is 7.90. The van der Waals surface area contributed by atoms with Crippen LogP contribution < -0.4 is 10.6 Å². The molecule has 0 fully saturated rings. The Balaban J connectivity index is 2.92. The summed E-state index contributed by atoms with van der Waals surface area (Å²) in [5.74, 6) is -0.341. The monoisotopic (exact) mass is 350 g/mol. The minimum atomic E-state index is -0.776. The summed E-state index contributed by atoms with van der Waals surface area (Å²) in [4.78, 5) is 24.3. The molecule has 3 atom stereocenters. The molecule has 0 bridgehead atoms. The van der Waals surface area contributed by atoms with Crippen LogP contribution >= 0.6 is 0 Å². The second-order valence-corrected chi connectivity index (χ2v) is 7.22. The van der Waals surface area contributed by atoms with Crippen LogP contribution in [0.2, 0.25) is 0 Å². The van der Waals surface area contributed by atoms with Gasteiger partial charge in [-0.2, -0.15) is 0 Å². The molecule has 1 aromatic carbocycles. The highest BCUT2D eigenvalue weighted by Gasteiger charge is 2.35. The van der Waals surface area contributed by atoms with E-state index in [2.05, 4.69) is 15.4 Å². The van der Waals surface area contributed by atoms with Gasteiger partial charge < -0.3 is 20.5 Å². The zero-order chi connectivity index (χ0) is 19.0. The molecular formula is C19H30N2O4. The molecule has 1 aromatic rings. The van der Waals surface area contributed by atoms with Crippen LogP contribution in [0.15, 0.2) is 30.3 Å². The van der Waals surface area contributed by atoms with Gasteiger partial charge in [-0.1, -0.05) is 58.0 Å². The van der Waals surface area contributed by atoms with Crippen molar-refractivity contribution in [3.63, 3.8) is 0 Å². The van der Waals surface area contributed by atoms with Crippen molar-refractivity contribution in [3.8, 4) is 0 Å². The minimum absolute atomic E-state index is 0.341. The van der Waals surface area contributed by atoms with E-state index in [1.807, 2.05) is 58.0 Å². The smallest absolute Gasteiger partial charge is 0.407 e. The number of hydrogen-bond donors (Lipinski definition) is 3. The second-order valence-electron chi connectivity index (χ2n) is 7.22. The van der Waals surface area contributed by atoms with Crippen LogP contribution in [0.5, 0.6) is 0 Å². The lowest BCUT2D eigenvalue weighted by atomic mass is 9.85. The Morgan fingerprint density at radius 3 is 2.24 bits per heavy atom. The van der Waals surface area contributed by atoms with Gasteiger partial charge in [-0.25, -0.2) is 4.79 Å². The molecule has 1 rings (SSSR count). The van der Waals surface area contributed by atoms with E-state index in [1.165, 1.54) is 7.11 Å². The Bertz CT molecular complexity index is 554. The lowest BCUT2D eigenvalue weighted by Crippen LogP contribution is -2.57. The number of benzene rings is 1. The fourth-order valence-corrected chi connectivity index (χ4v) is 2.55. The van der Waals surface area contributed by atoms with Crippen LogP contribution in [-0.4, -0.2) is 42.4 Å². The largest absolute Gasteiger partial charge is 0.453 e. The Morgan fingerprint density at radius 1 is 1.16 bits per heavy atom. The summed E-state index contributed by atoms with van der Waals surface area (Å²) >= 11 is 0. The SMILES string of the molecule is CC[C@H](O)[C@H](Cc1ccccc1)NC(=O)[C@@H](NC(=O)OC)C(C)(C)C. The number of carbonyl (C=O) groups is 2. The quantitative estimate of drug-likeness (QED) is 0.704. The summed E-state index contributed by atoms with van der Waals surface area (Å²) in [6.07, 6.45) is -0.312. The number of rotatable bonds is 7. The number of ether oxygens (including phenoxy) is 1. The van der Waals surface area contributed by atoms with Gasteiger partial charge in [0, 0.05) is 0 Å². The second kappa shape index (κ2) is 9.42. The number of methoxy groups -OCH3 is 1. The van der Waals surface area contributed by atoms with Gasteiger partial charge in [0.1, 0.15) is 6.04 Å². The zero-order valence-electron chi connectivity index (χ0n) is 15.7. The summed E-state index contributed by atoms with van der Waals surface area (Å²) < 4.78 is 4.62. The van der Waals surface area contributed by atoms with Crippen LogP contribution in [0.1, 0.15) is 39.7 Å². The van der Waals surface area contributed by atoms with E-state index in [0.717, 1.165) is 5.56 Å². The Hall–Kier alpha value is -2.08. The van der Waals surface area contributed by atoms with Gasteiger partial charge in [-0.3, -0.25) is 4.79 Å². The topological polar surface area (TPSA) is 87.7 Å². The molecule has 0 heterocycles. The lowest BCUT2D eigenvalue weighted by molar-refractivity contribution is -0.127. The van der Waals surface area contributed by atoms with E-state index in [1.54, 1.807) is 0 Å². The van der Waals surface area contributed by atoms with Crippen LogP contribution in [-0.2, 0) is 16.0 Å². The zero-order valence-corrected chi connectivity index (χ0v) is 15.7. The van der Waals surface area contributed by atoms with Crippen molar-refractivity contribution in [3.05, 3.63) is 35.9 Å². The molecule has 0 saturated carbocycles. The van der Waals surface area contributed by atoms with Crippen LogP contribution in [0, 0.1) is 5.41 Å². The third kappa shape index (κ3) is 6.74. The first kappa shape index (κ1) is 21.0. The molecule has 0 aliphatic carbocycles. The average molecular weight is 350 g/mol. The Morgan fingerprint density at radius 2 is 1.76 bits per heavy atom. The number of amides is 2. The maximum Gasteiger partial charge on any atom is 0.407 e. The van der Waals surface area contributed by atoms with Crippen LogP contribution in [0.4, 0.5) is 4.79 Å². The fraction of sp³-hybridized carbons (Fsp3) is 0.579. The highest BCUT2D eigenvalue weighted by Crippen LogP contribution is 2.20. The molecular weight excluding hydrogens is 320 g/mol. The van der Waals surface area contributed by atoms with Gasteiger partial charge in [-0.15, -0.1) is 0 Å². The molecule has 0 saturated heterocycles. The molecule has 0 aliphatic rings. The maximum absolute atomic E-state index is 12.8. The predicted octanol–water partition coefficient (Wildman–Crippen LogP) is 2.26. The normalized spacial score (nSPS) is 15.0. The van der Waals surface area contributed by atoms with Gasteiger partial charge >= 0.3 is 6.09 Å². The van der Waals surface area contributed by atoms with Gasteiger partial charge in [0.25, 0.3) is 0 Å². The Labute approximate surface area is 150 Å². The van der Waals surface area contributed by atoms with E-state index >= 15 is 0 Å². The fourth-order valence-electron chi connectivity index (χ4n) is 2.55. The van der Waals surface area contributed by atoms with Crippen molar-refractivity contribution in [2.24, 2.45) is 5.41 Å². The summed E-state index contributed by atoms with van der Waals surface area (Å²) in [5.41, 5.74) is 0.515. The summed E-state index contributed by atoms with van der Waals surface area (Å²) in [5, 5.41) is 15.8. The predicted molar refractivity (Wildman–Crippen MR) is 97.2 cm³/mol. The molecule has 25 heavy (non-hydrogen) atoms. The van der Waals surface area contributed by atoms with Crippen molar-refractivity contribution in [2.75, 3.05) is 7.11 Å². The first-order valence-electron chi connectivity index (χ1n) is 8.55. The van der Waals surface area contributed by atoms with E-state index < -0.39 is 29.7 Å². The molecule has 0 aliphatic heterocycles. The van der Waals surface area contributed by atoms with Crippen molar-refractivity contribution in [2.45, 2.75) is 58.7 Å². The molecule has 0 spiro atoms. The first-order chi connectivity index (χ1) is 11.7. The van der Waals surface area contributed by atoms with Crippen LogP contribution in [0.25, 0.3) is 0 Å². The number of hydrogen-bond acceptors (Lipinski definition) is 4. The number of carbonyl (C=O) groups excluding carboxylic acids is 2. The lowest BCUT2D eigenvalue weighted by Gasteiger charge is -2.32. The van der Waals surface area contributed by atoms with Gasteiger partial charge in [-0.05, 0) is 23.8 Å². The molecule has 3 N–H and O–H groups in total. The van der Waals surface area contributed by atoms with Crippen molar-refractivity contribution in [1.29, 1.82) is 0 Å². The molecule has 140 valence electrons. The van der Waals surface area contributed by atoms with Gasteiger partial charge in [0.2, 0.25) is 5.91 Å². The number of nitrogens with one attached hydrogen (secondary N) is 2. The molecule has 0 aromatic heterocycles. The van der Waals surface area contributed by atoms with E-state index in [-0.39, 0.29) is 5.91 Å². The molecule has 2 amide bonds. The average Bonchev–Trinajstić information content (AvgIpc) is 2.57. The van der Waals surface area contributed by atoms with Crippen molar-refractivity contribution < 1.29 is 19.4 Å². The highest BCUT2D eigenvalue weighted by molar-refractivity contribution is 5.86. The highest BCUT2D eigenvalue weighted by atomic mass is 16.5. The van der Waals surface area contributed by atoms with Crippen LogP contribution in [0.3, 0.4) is 0 Å². The standard InChI is InChI=1S/C19H30N2O4/c1-6-15(22)14(12-13-10-8-7-9-11-13)20-17(23)16(19(2,3)4)21-18(24)25-5/h7-11,14-16,22H,6,12H2,1-5H3,(H,20,23)(H,21,24)/t14-,15-,16+/m0/s1. The first-order valence-corrected chi connectivity index (χ1v) is 8.55. The molecule has 6 heteroatoms. The van der Waals surface area contributed by atoms with Crippen molar-refractivity contribution in [1.82, 2.24) is 10.6 Å².